The summed E-state index contributed by atoms with van der Waals surface area (Å²) in [5.74, 6) is 0.171. The molecule has 1 heterocycles. The lowest BCUT2D eigenvalue weighted by Gasteiger charge is -2.16. The Bertz CT molecular complexity index is 169. The summed E-state index contributed by atoms with van der Waals surface area (Å²) in [6.45, 7) is 4.60. The molecule has 3 nitrogen and oxygen atoms in total. The molecule has 0 aromatic carbocycles. The lowest BCUT2D eigenvalue weighted by atomic mass is 10.2. The highest BCUT2D eigenvalue weighted by Crippen LogP contribution is 2.38. The predicted molar refractivity (Wildman–Crippen MR) is 41.0 cm³/mol. The Balaban J connectivity index is 1.90. The van der Waals surface area contributed by atoms with Gasteiger partial charge >= 0.3 is 0 Å². The molecule has 0 unspecified atom stereocenters. The molecule has 3 atom stereocenters. The van der Waals surface area contributed by atoms with E-state index in [9.17, 15) is 0 Å². The number of hydrogen-bond acceptors (Lipinski definition) is 3. The molecule has 2 rings (SSSR count). The zero-order valence-corrected chi connectivity index (χ0v) is 7.04. The normalized spacial score (nSPS) is 47.7. The van der Waals surface area contributed by atoms with Crippen LogP contribution in [-0.2, 0) is 9.47 Å². The molecular weight excluding hydrogens is 142 g/mol. The van der Waals surface area contributed by atoms with Gasteiger partial charge in [-0.1, -0.05) is 0 Å². The van der Waals surface area contributed by atoms with E-state index in [1.54, 1.807) is 0 Å². The second-order valence-electron chi connectivity index (χ2n) is 3.93. The maximum Gasteiger partial charge on any atom is 0.163 e. The SMILES string of the molecule is CC1(C)OC[C@@H]([C@H]2C[C@H]2N)O1. The highest BCUT2D eigenvalue weighted by atomic mass is 16.7. The molecule has 0 spiro atoms. The van der Waals surface area contributed by atoms with Gasteiger partial charge in [-0.2, -0.15) is 0 Å². The molecule has 2 N–H and O–H groups in total. The van der Waals surface area contributed by atoms with Crippen molar-refractivity contribution >= 4 is 0 Å². The Hall–Kier alpha value is -0.120. The second kappa shape index (κ2) is 2.19. The van der Waals surface area contributed by atoms with Gasteiger partial charge in [-0.3, -0.25) is 0 Å². The fourth-order valence-corrected chi connectivity index (χ4v) is 1.59. The van der Waals surface area contributed by atoms with E-state index in [0.29, 0.717) is 18.6 Å². The number of ether oxygens (including phenoxy) is 2. The molecule has 0 aromatic heterocycles. The third-order valence-corrected chi connectivity index (χ3v) is 2.40. The smallest absolute Gasteiger partial charge is 0.163 e. The predicted octanol–water partition coefficient (Wildman–Crippen LogP) is 0.485. The van der Waals surface area contributed by atoms with Crippen molar-refractivity contribution in [2.75, 3.05) is 6.61 Å². The van der Waals surface area contributed by atoms with Crippen LogP contribution in [-0.4, -0.2) is 24.5 Å². The zero-order chi connectivity index (χ0) is 8.06. The van der Waals surface area contributed by atoms with Gasteiger partial charge < -0.3 is 15.2 Å². The highest BCUT2D eigenvalue weighted by molar-refractivity contribution is 4.97. The van der Waals surface area contributed by atoms with Crippen LogP contribution in [0.5, 0.6) is 0 Å². The lowest BCUT2D eigenvalue weighted by molar-refractivity contribution is -0.140. The Morgan fingerprint density at radius 1 is 1.45 bits per heavy atom. The summed E-state index contributed by atoms with van der Waals surface area (Å²) in [6.07, 6.45) is 1.35. The van der Waals surface area contributed by atoms with E-state index in [0.717, 1.165) is 6.42 Å². The molecule has 11 heavy (non-hydrogen) atoms. The Morgan fingerprint density at radius 2 is 2.09 bits per heavy atom. The van der Waals surface area contributed by atoms with Gasteiger partial charge in [0.15, 0.2) is 5.79 Å². The molecule has 64 valence electrons. The lowest BCUT2D eigenvalue weighted by Crippen LogP contribution is -2.23. The maximum atomic E-state index is 5.70. The van der Waals surface area contributed by atoms with Crippen molar-refractivity contribution in [1.82, 2.24) is 0 Å². The maximum absolute atomic E-state index is 5.70. The van der Waals surface area contributed by atoms with Gasteiger partial charge in [0.1, 0.15) is 0 Å². The number of nitrogens with two attached hydrogens (primary N) is 1. The van der Waals surface area contributed by atoms with E-state index in [1.165, 1.54) is 0 Å². The first-order valence-corrected chi connectivity index (χ1v) is 4.16. The molecular formula is C8H15NO2. The summed E-state index contributed by atoms with van der Waals surface area (Å²) in [6, 6.07) is 0.359. The van der Waals surface area contributed by atoms with Crippen molar-refractivity contribution < 1.29 is 9.47 Å². The summed E-state index contributed by atoms with van der Waals surface area (Å²) in [4.78, 5) is 0. The van der Waals surface area contributed by atoms with Crippen LogP contribution in [0.25, 0.3) is 0 Å². The fourth-order valence-electron chi connectivity index (χ4n) is 1.59. The van der Waals surface area contributed by atoms with Crippen LogP contribution in [0.1, 0.15) is 20.3 Å². The van der Waals surface area contributed by atoms with Gasteiger partial charge in [0.2, 0.25) is 0 Å². The summed E-state index contributed by atoms with van der Waals surface area (Å²) in [7, 11) is 0. The van der Waals surface area contributed by atoms with Crippen molar-refractivity contribution in [2.45, 2.75) is 38.2 Å². The fraction of sp³-hybridized carbons (Fsp3) is 1.00. The van der Waals surface area contributed by atoms with E-state index in [-0.39, 0.29) is 11.9 Å². The molecule has 2 fully saturated rings. The molecule has 1 aliphatic carbocycles. The third-order valence-electron chi connectivity index (χ3n) is 2.40. The Kier molecular flexibility index (Phi) is 1.50. The topological polar surface area (TPSA) is 44.5 Å². The van der Waals surface area contributed by atoms with Crippen LogP contribution in [0.4, 0.5) is 0 Å². The minimum atomic E-state index is -0.382. The number of hydrogen-bond donors (Lipinski definition) is 1. The monoisotopic (exact) mass is 157 g/mol. The summed E-state index contributed by atoms with van der Waals surface area (Å²) >= 11 is 0. The van der Waals surface area contributed by atoms with E-state index in [1.807, 2.05) is 13.8 Å². The van der Waals surface area contributed by atoms with Crippen LogP contribution in [0.2, 0.25) is 0 Å². The van der Waals surface area contributed by atoms with Crippen molar-refractivity contribution in [2.24, 2.45) is 11.7 Å². The van der Waals surface area contributed by atoms with Gasteiger partial charge in [0.25, 0.3) is 0 Å². The van der Waals surface area contributed by atoms with E-state index < -0.39 is 0 Å². The van der Waals surface area contributed by atoms with Crippen molar-refractivity contribution in [1.29, 1.82) is 0 Å². The molecule has 2 aliphatic rings. The van der Waals surface area contributed by atoms with E-state index in [2.05, 4.69) is 0 Å². The van der Waals surface area contributed by atoms with Crippen LogP contribution in [0.3, 0.4) is 0 Å². The van der Waals surface area contributed by atoms with Gasteiger partial charge in [0.05, 0.1) is 12.7 Å². The first-order chi connectivity index (χ1) is 5.08. The van der Waals surface area contributed by atoms with Crippen LogP contribution < -0.4 is 5.73 Å². The zero-order valence-electron chi connectivity index (χ0n) is 7.04. The average molecular weight is 157 g/mol. The highest BCUT2D eigenvalue weighted by Gasteiger charge is 2.47. The first-order valence-electron chi connectivity index (χ1n) is 4.16. The van der Waals surface area contributed by atoms with Crippen molar-refractivity contribution in [3.05, 3.63) is 0 Å². The molecule has 1 saturated heterocycles. The Morgan fingerprint density at radius 3 is 2.45 bits per heavy atom. The number of rotatable bonds is 1. The van der Waals surface area contributed by atoms with Crippen LogP contribution in [0, 0.1) is 5.92 Å². The van der Waals surface area contributed by atoms with Crippen molar-refractivity contribution in [3.8, 4) is 0 Å². The largest absolute Gasteiger partial charge is 0.348 e. The molecule has 3 heteroatoms. The second-order valence-corrected chi connectivity index (χ2v) is 3.93. The summed E-state index contributed by atoms with van der Waals surface area (Å²) in [5.41, 5.74) is 5.70. The van der Waals surface area contributed by atoms with Gasteiger partial charge in [-0.15, -0.1) is 0 Å². The van der Waals surface area contributed by atoms with E-state index >= 15 is 0 Å². The molecule has 1 aliphatic heterocycles. The van der Waals surface area contributed by atoms with Crippen LogP contribution in [0.15, 0.2) is 0 Å². The molecule has 0 bridgehead atoms. The Labute approximate surface area is 66.8 Å². The standard InChI is InChI=1S/C8H15NO2/c1-8(2)10-4-7(11-8)5-3-6(5)9/h5-7H,3-4,9H2,1-2H3/t5-,6+,7-/m0/s1. The molecule has 0 radical (unpaired) electrons. The van der Waals surface area contributed by atoms with Crippen molar-refractivity contribution in [3.63, 3.8) is 0 Å². The summed E-state index contributed by atoms with van der Waals surface area (Å²) in [5, 5.41) is 0. The van der Waals surface area contributed by atoms with E-state index in [4.69, 9.17) is 15.2 Å². The summed E-state index contributed by atoms with van der Waals surface area (Å²) < 4.78 is 11.1. The molecule has 0 amide bonds. The minimum Gasteiger partial charge on any atom is -0.348 e. The third kappa shape index (κ3) is 1.41. The van der Waals surface area contributed by atoms with Gasteiger partial charge in [-0.05, 0) is 20.3 Å². The van der Waals surface area contributed by atoms with Gasteiger partial charge in [-0.25, -0.2) is 0 Å². The first kappa shape index (κ1) is 7.53. The average Bonchev–Trinajstić information content (AvgIpc) is 2.49. The minimum absolute atomic E-state index is 0.250. The van der Waals surface area contributed by atoms with Gasteiger partial charge in [0, 0.05) is 12.0 Å². The quantitative estimate of drug-likeness (QED) is 0.602. The molecule has 0 aromatic rings. The van der Waals surface area contributed by atoms with Crippen LogP contribution >= 0.6 is 0 Å². The molecule has 1 saturated carbocycles.